The normalized spacial score (nSPS) is 16.6. The summed E-state index contributed by atoms with van der Waals surface area (Å²) in [5, 5.41) is 3.24. The van der Waals surface area contributed by atoms with E-state index >= 15 is 0 Å². The number of methoxy groups -OCH3 is 1. The van der Waals surface area contributed by atoms with Crippen LogP contribution in [0, 0.1) is 0 Å². The average molecular weight is 293 g/mol. The molecule has 110 valence electrons. The van der Waals surface area contributed by atoms with Crippen molar-refractivity contribution in [3.63, 3.8) is 0 Å². The Morgan fingerprint density at radius 3 is 2.85 bits per heavy atom. The molecule has 0 radical (unpaired) electrons. The second kappa shape index (κ2) is 6.64. The maximum atomic E-state index is 11.9. The lowest BCUT2D eigenvalue weighted by Gasteiger charge is -2.27. The standard InChI is InChI=1S/C16H23NO2S/c1-4-17-16(2,15(18)19-3)11-20-14-9-8-12-6-5-7-13(12)10-14/h8-10,17H,4-7,11H2,1-3H3. The predicted molar refractivity (Wildman–Crippen MR) is 83.3 cm³/mol. The summed E-state index contributed by atoms with van der Waals surface area (Å²) in [7, 11) is 1.44. The average Bonchev–Trinajstić information content (AvgIpc) is 2.92. The van der Waals surface area contributed by atoms with E-state index in [0.717, 1.165) is 6.54 Å². The SMILES string of the molecule is CCNC(C)(CSc1ccc2c(c1)CCC2)C(=O)OC. The Kier molecular flexibility index (Phi) is 5.11. The lowest BCUT2D eigenvalue weighted by molar-refractivity contribution is -0.146. The minimum absolute atomic E-state index is 0.201. The molecular formula is C16H23NO2S. The van der Waals surface area contributed by atoms with E-state index in [0.29, 0.717) is 5.75 Å². The van der Waals surface area contributed by atoms with Crippen LogP contribution in [0.2, 0.25) is 0 Å². The third-order valence-corrected chi connectivity index (χ3v) is 5.11. The van der Waals surface area contributed by atoms with Gasteiger partial charge in [-0.05, 0) is 56.0 Å². The minimum atomic E-state index is -0.632. The quantitative estimate of drug-likeness (QED) is 0.646. The predicted octanol–water partition coefficient (Wildman–Crippen LogP) is 2.81. The van der Waals surface area contributed by atoms with E-state index in [9.17, 15) is 4.79 Å². The molecule has 0 aliphatic heterocycles. The molecule has 4 heteroatoms. The molecule has 0 aromatic heterocycles. The van der Waals surface area contributed by atoms with Gasteiger partial charge in [-0.3, -0.25) is 4.79 Å². The number of thioether (sulfide) groups is 1. The second-order valence-corrected chi connectivity index (χ2v) is 6.48. The lowest BCUT2D eigenvalue weighted by Crippen LogP contribution is -2.52. The maximum absolute atomic E-state index is 11.9. The first-order valence-electron chi connectivity index (χ1n) is 7.17. The Labute approximate surface area is 125 Å². The van der Waals surface area contributed by atoms with Gasteiger partial charge < -0.3 is 10.1 Å². The summed E-state index contributed by atoms with van der Waals surface area (Å²) in [5.41, 5.74) is 2.32. The molecule has 0 saturated heterocycles. The summed E-state index contributed by atoms with van der Waals surface area (Å²) in [6, 6.07) is 6.67. The molecule has 1 aliphatic rings. The Bertz CT molecular complexity index is 489. The van der Waals surface area contributed by atoms with Crippen LogP contribution in [0.25, 0.3) is 0 Å². The summed E-state index contributed by atoms with van der Waals surface area (Å²) >= 11 is 1.71. The zero-order chi connectivity index (χ0) is 14.6. The number of ether oxygens (including phenoxy) is 1. The van der Waals surface area contributed by atoms with Crippen LogP contribution in [0.5, 0.6) is 0 Å². The summed E-state index contributed by atoms with van der Waals surface area (Å²) in [6.45, 7) is 4.65. The molecule has 2 rings (SSSR count). The number of fused-ring (bicyclic) bond motifs is 1. The zero-order valence-electron chi connectivity index (χ0n) is 12.5. The molecule has 0 heterocycles. The molecule has 0 amide bonds. The van der Waals surface area contributed by atoms with E-state index in [4.69, 9.17) is 4.74 Å². The number of esters is 1. The first-order valence-corrected chi connectivity index (χ1v) is 8.15. The van der Waals surface area contributed by atoms with Crippen molar-refractivity contribution in [3.8, 4) is 0 Å². The first-order chi connectivity index (χ1) is 9.59. The van der Waals surface area contributed by atoms with Crippen molar-refractivity contribution < 1.29 is 9.53 Å². The van der Waals surface area contributed by atoms with Crippen LogP contribution in [0.1, 0.15) is 31.4 Å². The van der Waals surface area contributed by atoms with E-state index in [2.05, 4.69) is 23.5 Å². The Morgan fingerprint density at radius 1 is 1.40 bits per heavy atom. The molecule has 3 nitrogen and oxygen atoms in total. The van der Waals surface area contributed by atoms with Crippen molar-refractivity contribution in [2.45, 2.75) is 43.5 Å². The summed E-state index contributed by atoms with van der Waals surface area (Å²) in [4.78, 5) is 13.2. The fourth-order valence-corrected chi connectivity index (χ4v) is 3.73. The van der Waals surface area contributed by atoms with Gasteiger partial charge in [0.1, 0.15) is 5.54 Å². The third kappa shape index (κ3) is 3.36. The van der Waals surface area contributed by atoms with Gasteiger partial charge >= 0.3 is 5.97 Å². The van der Waals surface area contributed by atoms with Crippen LogP contribution in [0.3, 0.4) is 0 Å². The van der Waals surface area contributed by atoms with Crippen LogP contribution >= 0.6 is 11.8 Å². The van der Waals surface area contributed by atoms with Gasteiger partial charge in [0, 0.05) is 10.6 Å². The van der Waals surface area contributed by atoms with Gasteiger partial charge in [-0.2, -0.15) is 0 Å². The number of hydrogen-bond acceptors (Lipinski definition) is 4. The highest BCUT2D eigenvalue weighted by atomic mass is 32.2. The number of rotatable bonds is 6. The second-order valence-electron chi connectivity index (χ2n) is 5.43. The maximum Gasteiger partial charge on any atom is 0.326 e. The van der Waals surface area contributed by atoms with Gasteiger partial charge in [0.25, 0.3) is 0 Å². The molecule has 0 fully saturated rings. The molecule has 1 aromatic carbocycles. The molecule has 0 bridgehead atoms. The van der Waals surface area contributed by atoms with E-state index in [-0.39, 0.29) is 5.97 Å². The number of carbonyl (C=O) groups excluding carboxylic acids is 1. The largest absolute Gasteiger partial charge is 0.468 e. The van der Waals surface area contributed by atoms with Crippen molar-refractivity contribution in [1.29, 1.82) is 0 Å². The monoisotopic (exact) mass is 293 g/mol. The number of carbonyl (C=O) groups is 1. The molecule has 1 aliphatic carbocycles. The van der Waals surface area contributed by atoms with Crippen LogP contribution < -0.4 is 5.32 Å². The van der Waals surface area contributed by atoms with Gasteiger partial charge in [-0.25, -0.2) is 0 Å². The van der Waals surface area contributed by atoms with Gasteiger partial charge in [0.15, 0.2) is 0 Å². The molecule has 1 unspecified atom stereocenters. The third-order valence-electron chi connectivity index (χ3n) is 3.80. The number of hydrogen-bond donors (Lipinski definition) is 1. The minimum Gasteiger partial charge on any atom is -0.468 e. The van der Waals surface area contributed by atoms with E-state index in [1.54, 1.807) is 11.8 Å². The molecule has 0 spiro atoms. The fraction of sp³-hybridized carbons (Fsp3) is 0.562. The van der Waals surface area contributed by atoms with Crippen molar-refractivity contribution >= 4 is 17.7 Å². The highest BCUT2D eigenvalue weighted by Gasteiger charge is 2.33. The van der Waals surface area contributed by atoms with Crippen molar-refractivity contribution in [2.24, 2.45) is 0 Å². The van der Waals surface area contributed by atoms with Crippen LogP contribution in [-0.2, 0) is 22.4 Å². The van der Waals surface area contributed by atoms with Gasteiger partial charge in [-0.15, -0.1) is 11.8 Å². The van der Waals surface area contributed by atoms with E-state index in [1.807, 2.05) is 13.8 Å². The Balaban J connectivity index is 2.04. The molecule has 1 aromatic rings. The molecule has 20 heavy (non-hydrogen) atoms. The summed E-state index contributed by atoms with van der Waals surface area (Å²) < 4.78 is 4.92. The van der Waals surface area contributed by atoms with Crippen molar-refractivity contribution in [3.05, 3.63) is 29.3 Å². The van der Waals surface area contributed by atoms with Gasteiger partial charge in [-0.1, -0.05) is 13.0 Å². The van der Waals surface area contributed by atoms with E-state index in [1.165, 1.54) is 42.4 Å². The topological polar surface area (TPSA) is 38.3 Å². The summed E-state index contributed by atoms with van der Waals surface area (Å²) in [5.74, 6) is 0.472. The number of likely N-dealkylation sites (N-methyl/N-ethyl adjacent to an activating group) is 1. The molecule has 0 saturated carbocycles. The zero-order valence-corrected chi connectivity index (χ0v) is 13.3. The van der Waals surface area contributed by atoms with Gasteiger partial charge in [0.05, 0.1) is 7.11 Å². The van der Waals surface area contributed by atoms with Crippen molar-refractivity contribution in [1.82, 2.24) is 5.32 Å². The number of nitrogens with one attached hydrogen (secondary N) is 1. The highest BCUT2D eigenvalue weighted by Crippen LogP contribution is 2.29. The van der Waals surface area contributed by atoms with E-state index < -0.39 is 5.54 Å². The number of aryl methyl sites for hydroxylation is 2. The lowest BCUT2D eigenvalue weighted by atomic mass is 10.1. The molecular weight excluding hydrogens is 270 g/mol. The van der Waals surface area contributed by atoms with Crippen LogP contribution in [0.4, 0.5) is 0 Å². The highest BCUT2D eigenvalue weighted by molar-refractivity contribution is 7.99. The number of benzene rings is 1. The summed E-state index contributed by atoms with van der Waals surface area (Å²) in [6.07, 6.45) is 3.66. The molecule has 1 atom stereocenters. The first kappa shape index (κ1) is 15.4. The Morgan fingerprint density at radius 2 is 2.15 bits per heavy atom. The van der Waals surface area contributed by atoms with Gasteiger partial charge in [0.2, 0.25) is 0 Å². The van der Waals surface area contributed by atoms with Crippen LogP contribution in [0.15, 0.2) is 23.1 Å². The molecule has 1 N–H and O–H groups in total. The van der Waals surface area contributed by atoms with Crippen molar-refractivity contribution in [2.75, 3.05) is 19.4 Å². The van der Waals surface area contributed by atoms with Crippen LogP contribution in [-0.4, -0.2) is 30.9 Å². The fourth-order valence-electron chi connectivity index (χ4n) is 2.66. The smallest absolute Gasteiger partial charge is 0.326 e. The Hall–Kier alpha value is -1.00.